The van der Waals surface area contributed by atoms with Crippen molar-refractivity contribution in [3.63, 3.8) is 0 Å². The van der Waals surface area contributed by atoms with E-state index in [1.807, 2.05) is 45.9 Å². The molecular weight excluding hydrogens is 276 g/mol. The Hall–Kier alpha value is -1.84. The molecule has 0 saturated carbocycles. The molecule has 122 valence electrons. The van der Waals surface area contributed by atoms with E-state index in [1.165, 1.54) is 5.01 Å². The van der Waals surface area contributed by atoms with Crippen LogP contribution < -0.4 is 5.43 Å². The van der Waals surface area contributed by atoms with Crippen LogP contribution in [0.5, 0.6) is 0 Å². The van der Waals surface area contributed by atoms with Crippen molar-refractivity contribution in [1.82, 2.24) is 10.4 Å². The second-order valence-corrected chi connectivity index (χ2v) is 6.67. The zero-order valence-electron chi connectivity index (χ0n) is 14.4. The highest BCUT2D eigenvalue weighted by atomic mass is 16.2. The fraction of sp³-hybridized carbons (Fsp3) is 0.556. The van der Waals surface area contributed by atoms with Gasteiger partial charge in [-0.3, -0.25) is 15.0 Å². The highest BCUT2D eigenvalue weighted by molar-refractivity contribution is 5.95. The second-order valence-electron chi connectivity index (χ2n) is 6.67. The fourth-order valence-corrected chi connectivity index (χ4v) is 2.19. The highest BCUT2D eigenvalue weighted by Gasteiger charge is 2.28. The summed E-state index contributed by atoms with van der Waals surface area (Å²) in [6, 6.07) is 7.35. The first kappa shape index (κ1) is 18.2. The Kier molecular flexibility index (Phi) is 6.60. The van der Waals surface area contributed by atoms with E-state index in [0.29, 0.717) is 12.0 Å². The van der Waals surface area contributed by atoms with Crippen molar-refractivity contribution in [3.8, 4) is 0 Å². The Morgan fingerprint density at radius 3 is 2.41 bits per heavy atom. The third kappa shape index (κ3) is 5.51. The van der Waals surface area contributed by atoms with Crippen LogP contribution in [0.4, 0.5) is 0 Å². The summed E-state index contributed by atoms with van der Waals surface area (Å²) in [5, 5.41) is 1.47. The molecule has 1 N–H and O–H groups in total. The topological polar surface area (TPSA) is 49.4 Å². The first-order valence-electron chi connectivity index (χ1n) is 7.96. The molecule has 0 spiro atoms. The number of carbonyl (C=O) groups excluding carboxylic acids is 2. The highest BCUT2D eigenvalue weighted by Crippen LogP contribution is 2.15. The van der Waals surface area contributed by atoms with Gasteiger partial charge >= 0.3 is 0 Å². The number of nitrogens with zero attached hydrogens (tertiary/aromatic N) is 1. The van der Waals surface area contributed by atoms with Gasteiger partial charge in [0.1, 0.15) is 0 Å². The lowest BCUT2D eigenvalue weighted by Gasteiger charge is -2.35. The van der Waals surface area contributed by atoms with Gasteiger partial charge in [-0.05, 0) is 46.2 Å². The minimum Gasteiger partial charge on any atom is -0.273 e. The smallest absolute Gasteiger partial charge is 0.269 e. The van der Waals surface area contributed by atoms with Crippen LogP contribution in [-0.4, -0.2) is 22.4 Å². The van der Waals surface area contributed by atoms with Crippen LogP contribution in [0.3, 0.4) is 0 Å². The van der Waals surface area contributed by atoms with Crippen molar-refractivity contribution in [2.24, 2.45) is 0 Å². The Bertz CT molecular complexity index is 518. The van der Waals surface area contributed by atoms with Crippen molar-refractivity contribution in [2.45, 2.75) is 65.8 Å². The van der Waals surface area contributed by atoms with Crippen LogP contribution in [0.25, 0.3) is 0 Å². The van der Waals surface area contributed by atoms with Crippen LogP contribution in [-0.2, 0) is 4.79 Å². The number of rotatable bonds is 5. The summed E-state index contributed by atoms with van der Waals surface area (Å²) in [6.45, 7) is 9.80. The molecule has 4 heteroatoms. The number of carbonyl (C=O) groups is 2. The number of hydrazine groups is 1. The maximum Gasteiger partial charge on any atom is 0.269 e. The van der Waals surface area contributed by atoms with Gasteiger partial charge < -0.3 is 0 Å². The third-order valence-corrected chi connectivity index (χ3v) is 3.41. The number of benzene rings is 1. The van der Waals surface area contributed by atoms with Gasteiger partial charge in [-0.25, -0.2) is 5.01 Å². The molecule has 0 fully saturated rings. The Morgan fingerprint density at radius 2 is 1.86 bits per heavy atom. The van der Waals surface area contributed by atoms with Crippen molar-refractivity contribution in [1.29, 1.82) is 0 Å². The van der Waals surface area contributed by atoms with E-state index in [4.69, 9.17) is 0 Å². The van der Waals surface area contributed by atoms with Gasteiger partial charge in [-0.2, -0.15) is 0 Å². The molecule has 2 amide bonds. The molecule has 0 atom stereocenters. The van der Waals surface area contributed by atoms with Crippen LogP contribution in [0.1, 0.15) is 69.3 Å². The summed E-state index contributed by atoms with van der Waals surface area (Å²) in [5.41, 5.74) is 3.90. The zero-order chi connectivity index (χ0) is 16.8. The third-order valence-electron chi connectivity index (χ3n) is 3.41. The molecule has 0 heterocycles. The number of aryl methyl sites for hydroxylation is 1. The van der Waals surface area contributed by atoms with E-state index >= 15 is 0 Å². The van der Waals surface area contributed by atoms with Crippen LogP contribution in [0.15, 0.2) is 24.3 Å². The predicted octanol–water partition coefficient (Wildman–Crippen LogP) is 3.85. The van der Waals surface area contributed by atoms with Gasteiger partial charge in [0.25, 0.3) is 5.91 Å². The average molecular weight is 304 g/mol. The van der Waals surface area contributed by atoms with E-state index in [9.17, 15) is 9.59 Å². The summed E-state index contributed by atoms with van der Waals surface area (Å²) in [4.78, 5) is 24.8. The minimum absolute atomic E-state index is 0.0399. The van der Waals surface area contributed by atoms with Crippen LogP contribution in [0.2, 0.25) is 0 Å². The number of hydrogen-bond donors (Lipinski definition) is 1. The summed E-state index contributed by atoms with van der Waals surface area (Å²) < 4.78 is 0. The molecule has 0 saturated heterocycles. The maximum absolute atomic E-state index is 12.4. The Morgan fingerprint density at radius 1 is 1.18 bits per heavy atom. The molecule has 0 aliphatic heterocycles. The van der Waals surface area contributed by atoms with Crippen molar-refractivity contribution in [2.75, 3.05) is 0 Å². The largest absolute Gasteiger partial charge is 0.273 e. The van der Waals surface area contributed by atoms with E-state index in [-0.39, 0.29) is 11.8 Å². The predicted molar refractivity (Wildman–Crippen MR) is 89.4 cm³/mol. The zero-order valence-corrected chi connectivity index (χ0v) is 14.4. The molecule has 0 unspecified atom stereocenters. The Balaban J connectivity index is 2.81. The van der Waals surface area contributed by atoms with Gasteiger partial charge in [0.05, 0.1) is 5.54 Å². The van der Waals surface area contributed by atoms with Gasteiger partial charge in [0.2, 0.25) is 5.91 Å². The van der Waals surface area contributed by atoms with E-state index in [0.717, 1.165) is 24.8 Å². The molecule has 4 nitrogen and oxygen atoms in total. The molecule has 0 radical (unpaired) electrons. The summed E-state index contributed by atoms with van der Waals surface area (Å²) >= 11 is 0. The molecule has 1 aromatic rings. The molecule has 22 heavy (non-hydrogen) atoms. The first-order chi connectivity index (χ1) is 10.3. The number of amides is 2. The molecule has 1 rings (SSSR count). The Labute approximate surface area is 133 Å². The quantitative estimate of drug-likeness (QED) is 0.663. The monoisotopic (exact) mass is 304 g/mol. The minimum atomic E-state index is -0.456. The SMILES string of the molecule is CCCCCC(=O)N(NC(=O)c1cccc(C)c1)C(C)(C)C. The standard InChI is InChI=1S/C18H28N2O2/c1-6-7-8-12-16(21)20(18(3,4)5)19-17(22)15-11-9-10-14(2)13-15/h9-11,13H,6-8,12H2,1-5H3,(H,19,22). The van der Waals surface area contributed by atoms with Gasteiger partial charge in [-0.15, -0.1) is 0 Å². The van der Waals surface area contributed by atoms with E-state index < -0.39 is 5.54 Å². The van der Waals surface area contributed by atoms with E-state index in [1.54, 1.807) is 6.07 Å². The van der Waals surface area contributed by atoms with Crippen molar-refractivity contribution >= 4 is 11.8 Å². The molecule has 0 aliphatic carbocycles. The summed E-state index contributed by atoms with van der Waals surface area (Å²) in [5.74, 6) is -0.288. The first-order valence-corrected chi connectivity index (χ1v) is 7.96. The second kappa shape index (κ2) is 7.97. The van der Waals surface area contributed by atoms with Gasteiger partial charge in [0, 0.05) is 12.0 Å². The lowest BCUT2D eigenvalue weighted by Crippen LogP contribution is -2.55. The van der Waals surface area contributed by atoms with Gasteiger partial charge in [0.15, 0.2) is 0 Å². The molecule has 1 aromatic carbocycles. The lowest BCUT2D eigenvalue weighted by molar-refractivity contribution is -0.139. The van der Waals surface area contributed by atoms with E-state index in [2.05, 4.69) is 12.3 Å². The van der Waals surface area contributed by atoms with Crippen molar-refractivity contribution < 1.29 is 9.59 Å². The molecular formula is C18H28N2O2. The molecule has 0 bridgehead atoms. The number of hydrogen-bond acceptors (Lipinski definition) is 2. The normalized spacial score (nSPS) is 11.1. The van der Waals surface area contributed by atoms with Crippen molar-refractivity contribution in [3.05, 3.63) is 35.4 Å². The van der Waals surface area contributed by atoms with Crippen LogP contribution in [0, 0.1) is 6.92 Å². The average Bonchev–Trinajstić information content (AvgIpc) is 2.43. The van der Waals surface area contributed by atoms with Crippen LogP contribution >= 0.6 is 0 Å². The lowest BCUT2D eigenvalue weighted by atomic mass is 10.1. The molecule has 0 aliphatic rings. The maximum atomic E-state index is 12.4. The fourth-order valence-electron chi connectivity index (χ4n) is 2.19. The number of unbranched alkanes of at least 4 members (excludes halogenated alkanes) is 2. The number of nitrogens with one attached hydrogen (secondary N) is 1. The molecule has 0 aromatic heterocycles. The summed E-state index contributed by atoms with van der Waals surface area (Å²) in [7, 11) is 0. The van der Waals surface area contributed by atoms with Gasteiger partial charge in [-0.1, -0.05) is 37.5 Å². The summed E-state index contributed by atoms with van der Waals surface area (Å²) in [6.07, 6.45) is 3.40.